The molecule has 0 saturated heterocycles. The lowest BCUT2D eigenvalue weighted by Crippen LogP contribution is -2.04. The SMILES string of the molecule is C=CCOc1ccc(C(=O)CCc2c(OC)cc(OC)cc2OC)cc1. The summed E-state index contributed by atoms with van der Waals surface area (Å²) in [7, 11) is 4.75. The predicted molar refractivity (Wildman–Crippen MR) is 101 cm³/mol. The van der Waals surface area contributed by atoms with Crippen molar-refractivity contribution in [2.45, 2.75) is 12.8 Å². The van der Waals surface area contributed by atoms with Crippen LogP contribution in [-0.2, 0) is 6.42 Å². The highest BCUT2D eigenvalue weighted by Crippen LogP contribution is 2.35. The van der Waals surface area contributed by atoms with Gasteiger partial charge in [-0.2, -0.15) is 0 Å². The molecule has 0 saturated carbocycles. The molecule has 0 aliphatic carbocycles. The van der Waals surface area contributed by atoms with Crippen molar-refractivity contribution in [1.82, 2.24) is 0 Å². The first kappa shape index (κ1) is 19.4. The first-order valence-electron chi connectivity index (χ1n) is 8.28. The second-order valence-corrected chi connectivity index (χ2v) is 5.56. The summed E-state index contributed by atoms with van der Waals surface area (Å²) in [4.78, 5) is 12.5. The molecule has 2 aromatic rings. The van der Waals surface area contributed by atoms with Crippen LogP contribution in [0.2, 0.25) is 0 Å². The number of ether oxygens (including phenoxy) is 4. The fourth-order valence-corrected chi connectivity index (χ4v) is 2.60. The van der Waals surface area contributed by atoms with Gasteiger partial charge in [0.1, 0.15) is 29.6 Å². The Hall–Kier alpha value is -2.95. The Morgan fingerprint density at radius 2 is 1.58 bits per heavy atom. The van der Waals surface area contributed by atoms with E-state index in [1.54, 1.807) is 63.8 Å². The van der Waals surface area contributed by atoms with Gasteiger partial charge in [-0.15, -0.1) is 0 Å². The maximum atomic E-state index is 12.5. The van der Waals surface area contributed by atoms with Gasteiger partial charge < -0.3 is 18.9 Å². The Labute approximate surface area is 154 Å². The molecule has 0 amide bonds. The van der Waals surface area contributed by atoms with Gasteiger partial charge in [-0.3, -0.25) is 4.79 Å². The summed E-state index contributed by atoms with van der Waals surface area (Å²) in [6, 6.07) is 10.7. The molecule has 0 aliphatic rings. The number of hydrogen-bond acceptors (Lipinski definition) is 5. The molecule has 2 rings (SSSR count). The van der Waals surface area contributed by atoms with E-state index in [0.29, 0.717) is 48.0 Å². The van der Waals surface area contributed by atoms with Gasteiger partial charge in [0.15, 0.2) is 5.78 Å². The molecule has 0 spiro atoms. The van der Waals surface area contributed by atoms with Crippen molar-refractivity contribution in [2.24, 2.45) is 0 Å². The van der Waals surface area contributed by atoms with Crippen molar-refractivity contribution < 1.29 is 23.7 Å². The Balaban J connectivity index is 2.10. The molecule has 5 nitrogen and oxygen atoms in total. The molecular formula is C21H24O5. The second-order valence-electron chi connectivity index (χ2n) is 5.56. The van der Waals surface area contributed by atoms with Crippen LogP contribution < -0.4 is 18.9 Å². The van der Waals surface area contributed by atoms with Crippen molar-refractivity contribution in [1.29, 1.82) is 0 Å². The summed E-state index contributed by atoms with van der Waals surface area (Å²) in [5, 5.41) is 0. The maximum absolute atomic E-state index is 12.5. The molecule has 138 valence electrons. The fraction of sp³-hybridized carbons (Fsp3) is 0.286. The van der Waals surface area contributed by atoms with Gasteiger partial charge in [0.05, 0.1) is 21.3 Å². The van der Waals surface area contributed by atoms with Gasteiger partial charge >= 0.3 is 0 Å². The van der Waals surface area contributed by atoms with Gasteiger partial charge in [-0.25, -0.2) is 0 Å². The molecule has 0 atom stereocenters. The van der Waals surface area contributed by atoms with Gasteiger partial charge in [0.2, 0.25) is 0 Å². The molecule has 0 unspecified atom stereocenters. The fourth-order valence-electron chi connectivity index (χ4n) is 2.60. The third kappa shape index (κ3) is 4.79. The van der Waals surface area contributed by atoms with Gasteiger partial charge in [-0.1, -0.05) is 12.7 Å². The highest BCUT2D eigenvalue weighted by Gasteiger charge is 2.15. The summed E-state index contributed by atoms with van der Waals surface area (Å²) in [6.45, 7) is 4.04. The molecule has 0 N–H and O–H groups in total. The Bertz CT molecular complexity index is 724. The Morgan fingerprint density at radius 3 is 2.08 bits per heavy atom. The van der Waals surface area contributed by atoms with E-state index in [1.807, 2.05) is 0 Å². The molecule has 0 radical (unpaired) electrons. The van der Waals surface area contributed by atoms with Crippen molar-refractivity contribution in [2.75, 3.05) is 27.9 Å². The van der Waals surface area contributed by atoms with Crippen LogP contribution in [0.1, 0.15) is 22.3 Å². The lowest BCUT2D eigenvalue weighted by atomic mass is 10.0. The highest BCUT2D eigenvalue weighted by molar-refractivity contribution is 5.96. The minimum Gasteiger partial charge on any atom is -0.496 e. The van der Waals surface area contributed by atoms with Crippen LogP contribution in [0.3, 0.4) is 0 Å². The number of benzene rings is 2. The monoisotopic (exact) mass is 356 g/mol. The summed E-state index contributed by atoms with van der Waals surface area (Å²) >= 11 is 0. The van der Waals surface area contributed by atoms with E-state index in [9.17, 15) is 4.79 Å². The lowest BCUT2D eigenvalue weighted by Gasteiger charge is -2.15. The molecule has 0 heterocycles. The van der Waals surface area contributed by atoms with E-state index in [-0.39, 0.29) is 5.78 Å². The van der Waals surface area contributed by atoms with Gasteiger partial charge in [-0.05, 0) is 30.7 Å². The second kappa shape index (κ2) is 9.51. The number of methoxy groups -OCH3 is 3. The minimum absolute atomic E-state index is 0.0418. The Kier molecular flexibility index (Phi) is 7.09. The molecule has 0 aliphatic heterocycles. The topological polar surface area (TPSA) is 54.0 Å². The number of carbonyl (C=O) groups is 1. The molecule has 0 fully saturated rings. The normalized spacial score (nSPS) is 10.1. The van der Waals surface area contributed by atoms with Crippen LogP contribution in [0, 0.1) is 0 Å². The van der Waals surface area contributed by atoms with Crippen molar-refractivity contribution in [3.05, 3.63) is 60.2 Å². The first-order valence-corrected chi connectivity index (χ1v) is 8.28. The van der Waals surface area contributed by atoms with Crippen LogP contribution in [0.25, 0.3) is 0 Å². The lowest BCUT2D eigenvalue weighted by molar-refractivity contribution is 0.0982. The van der Waals surface area contributed by atoms with Crippen LogP contribution in [0.5, 0.6) is 23.0 Å². The molecule has 5 heteroatoms. The summed E-state index contributed by atoms with van der Waals surface area (Å²) in [6.07, 6.45) is 2.52. The van der Waals surface area contributed by atoms with Crippen molar-refractivity contribution in [3.63, 3.8) is 0 Å². The van der Waals surface area contributed by atoms with Gasteiger partial charge in [0, 0.05) is 29.7 Å². The average molecular weight is 356 g/mol. The predicted octanol–water partition coefficient (Wildman–Crippen LogP) is 4.09. The largest absolute Gasteiger partial charge is 0.496 e. The van der Waals surface area contributed by atoms with E-state index in [0.717, 1.165) is 5.56 Å². The summed E-state index contributed by atoms with van der Waals surface area (Å²) in [5.41, 5.74) is 1.48. The van der Waals surface area contributed by atoms with Crippen molar-refractivity contribution in [3.8, 4) is 23.0 Å². The van der Waals surface area contributed by atoms with E-state index in [1.165, 1.54) is 0 Å². The van der Waals surface area contributed by atoms with Crippen LogP contribution in [0.15, 0.2) is 49.1 Å². The Morgan fingerprint density at radius 1 is 0.962 bits per heavy atom. The summed E-state index contributed by atoms with van der Waals surface area (Å²) < 4.78 is 21.5. The molecule has 0 aromatic heterocycles. The van der Waals surface area contributed by atoms with E-state index >= 15 is 0 Å². The average Bonchev–Trinajstić information content (AvgIpc) is 2.70. The zero-order valence-corrected chi connectivity index (χ0v) is 15.4. The first-order chi connectivity index (χ1) is 12.6. The molecule has 2 aromatic carbocycles. The number of hydrogen-bond donors (Lipinski definition) is 0. The molecular weight excluding hydrogens is 332 g/mol. The molecule has 26 heavy (non-hydrogen) atoms. The van der Waals surface area contributed by atoms with Crippen molar-refractivity contribution >= 4 is 5.78 Å². The highest BCUT2D eigenvalue weighted by atomic mass is 16.5. The van der Waals surface area contributed by atoms with E-state index < -0.39 is 0 Å². The summed E-state index contributed by atoms with van der Waals surface area (Å²) in [5.74, 6) is 2.67. The third-order valence-corrected chi connectivity index (χ3v) is 3.96. The number of rotatable bonds is 10. The third-order valence-electron chi connectivity index (χ3n) is 3.96. The number of ketones is 1. The zero-order chi connectivity index (χ0) is 18.9. The minimum atomic E-state index is 0.0418. The van der Waals surface area contributed by atoms with Crippen LogP contribution in [-0.4, -0.2) is 33.7 Å². The van der Waals surface area contributed by atoms with E-state index in [4.69, 9.17) is 18.9 Å². The van der Waals surface area contributed by atoms with Gasteiger partial charge in [0.25, 0.3) is 0 Å². The van der Waals surface area contributed by atoms with E-state index in [2.05, 4.69) is 6.58 Å². The molecule has 0 bridgehead atoms. The standard InChI is InChI=1S/C21H24O5/c1-5-12-26-16-8-6-15(7-9-16)19(22)11-10-18-20(24-3)13-17(23-2)14-21(18)25-4/h5-9,13-14H,1,10-12H2,2-4H3. The number of Topliss-reactive ketones (excluding diaryl/α,β-unsaturated/α-hetero) is 1. The quantitative estimate of drug-likeness (QED) is 0.474. The smallest absolute Gasteiger partial charge is 0.163 e. The van der Waals surface area contributed by atoms with Crippen LogP contribution in [0.4, 0.5) is 0 Å². The zero-order valence-electron chi connectivity index (χ0n) is 15.4. The maximum Gasteiger partial charge on any atom is 0.163 e. The number of carbonyl (C=O) groups excluding carboxylic acids is 1. The van der Waals surface area contributed by atoms with Crippen LogP contribution >= 0.6 is 0 Å².